The Morgan fingerprint density at radius 2 is 0.902 bits per heavy atom. The Kier molecular flexibility index (Phi) is 9.02. The van der Waals surface area contributed by atoms with E-state index in [1.54, 1.807) is 24.3 Å². The van der Waals surface area contributed by atoms with Crippen molar-refractivity contribution in [1.29, 1.82) is 0 Å². The van der Waals surface area contributed by atoms with Gasteiger partial charge in [0.25, 0.3) is 0 Å². The summed E-state index contributed by atoms with van der Waals surface area (Å²) in [7, 11) is -9.89. The van der Waals surface area contributed by atoms with Crippen LogP contribution in [0.2, 0.25) is 0 Å². The monoisotopic (exact) mass is 720 g/mol. The average molecular weight is 721 g/mol. The van der Waals surface area contributed by atoms with Gasteiger partial charge >= 0.3 is 29.6 Å². The first-order valence-electron chi connectivity index (χ1n) is 15.4. The summed E-state index contributed by atoms with van der Waals surface area (Å²) in [6.07, 6.45) is 0. The predicted octanol–water partition coefficient (Wildman–Crippen LogP) is 4.27. The van der Waals surface area contributed by atoms with E-state index in [-0.39, 0.29) is 40.3 Å². The van der Waals surface area contributed by atoms with Crippen LogP contribution in [-0.2, 0) is 20.2 Å². The van der Waals surface area contributed by atoms with E-state index in [4.69, 9.17) is 4.98 Å². The summed E-state index contributed by atoms with van der Waals surface area (Å²) in [6.45, 7) is 0. The van der Waals surface area contributed by atoms with Crippen molar-refractivity contribution in [3.63, 3.8) is 0 Å². The summed E-state index contributed by atoms with van der Waals surface area (Å²) in [5.74, 6) is 0. The normalized spacial score (nSPS) is 11.9. The summed E-state index contributed by atoms with van der Waals surface area (Å²) in [5, 5.41) is 7.68. The van der Waals surface area contributed by atoms with Gasteiger partial charge in [0.05, 0.1) is 21.2 Å². The second-order valence-corrected chi connectivity index (χ2v) is 14.3. The second-order valence-electron chi connectivity index (χ2n) is 11.6. The van der Waals surface area contributed by atoms with Crippen LogP contribution < -0.4 is 44.8 Å². The molecule has 0 radical (unpaired) electrons. The Morgan fingerprint density at radius 3 is 1.29 bits per heavy atom. The number of anilines is 4. The van der Waals surface area contributed by atoms with Crippen LogP contribution in [0.5, 0.6) is 0 Å². The molecule has 0 amide bonds. The molecule has 8 rings (SSSR count). The van der Waals surface area contributed by atoms with Gasteiger partial charge in [-0.05, 0) is 36.4 Å². The third-order valence-electron chi connectivity index (χ3n) is 8.51. The fourth-order valence-electron chi connectivity index (χ4n) is 6.48. The molecule has 0 aliphatic rings. The smallest absolute Gasteiger partial charge is 0.744 e. The minimum Gasteiger partial charge on any atom is -0.744 e. The molecule has 10 nitrogen and oxygen atoms in total. The number of hydrogen-bond acceptors (Lipinski definition) is 9. The van der Waals surface area contributed by atoms with Crippen molar-refractivity contribution in [2.45, 2.75) is 9.79 Å². The number of aromatic nitrogens is 2. The van der Waals surface area contributed by atoms with Gasteiger partial charge in [-0.15, -0.1) is 4.57 Å². The van der Waals surface area contributed by atoms with Gasteiger partial charge in [-0.2, -0.15) is 0 Å². The summed E-state index contributed by atoms with van der Waals surface area (Å²) >= 11 is 0. The Bertz CT molecular complexity index is 2690. The summed E-state index contributed by atoms with van der Waals surface area (Å²) < 4.78 is 78.0. The van der Waals surface area contributed by atoms with Crippen LogP contribution in [0.15, 0.2) is 149 Å². The Balaban J connectivity index is 0.00000406. The molecular weight excluding hydrogens is 696 g/mol. The molecule has 0 saturated carbocycles. The predicted molar refractivity (Wildman–Crippen MR) is 191 cm³/mol. The first-order valence-corrected chi connectivity index (χ1v) is 18.2. The number of nitrogens with zero attached hydrogens (tertiary/aromatic N) is 2. The fraction of sp³-hybridized carbons (Fsp3) is 0. The molecule has 1 heterocycles. The molecule has 0 aliphatic heterocycles. The fourth-order valence-corrected chi connectivity index (χ4v) is 7.91. The molecule has 0 bridgehead atoms. The van der Waals surface area contributed by atoms with E-state index in [0.29, 0.717) is 55.6 Å². The molecule has 2 N–H and O–H groups in total. The molecular formula is C38H25N4NaO6S2. The quantitative estimate of drug-likeness (QED) is 0.0808. The Hall–Kier alpha value is -4.92. The van der Waals surface area contributed by atoms with Gasteiger partial charge in [0.15, 0.2) is 0 Å². The van der Waals surface area contributed by atoms with Crippen molar-refractivity contribution >= 4 is 86.6 Å². The van der Waals surface area contributed by atoms with Crippen LogP contribution in [0, 0.1) is 0 Å². The number of hydrogen-bond donors (Lipinski definition) is 2. The zero-order valence-corrected chi connectivity index (χ0v) is 30.6. The minimum atomic E-state index is -4.94. The van der Waals surface area contributed by atoms with E-state index in [1.807, 2.05) is 95.6 Å². The van der Waals surface area contributed by atoms with Crippen molar-refractivity contribution in [3.8, 4) is 5.69 Å². The second kappa shape index (κ2) is 13.3. The maximum absolute atomic E-state index is 12.7. The SMILES string of the molecule is O=S(=O)([O-])c1cccc2c1c(Nc1ccccc1)cc1c2nc2c3cccc(S(=O)(=O)[O-])c3c(Nc3ccccc3)cc2[n+]1-c1ccccc1.[Na+]. The van der Waals surface area contributed by atoms with E-state index >= 15 is 0 Å². The van der Waals surface area contributed by atoms with Crippen LogP contribution in [0.4, 0.5) is 22.7 Å². The number of rotatable bonds is 7. The van der Waals surface area contributed by atoms with E-state index in [0.717, 1.165) is 5.69 Å². The van der Waals surface area contributed by atoms with Crippen molar-refractivity contribution in [3.05, 3.63) is 140 Å². The zero-order valence-electron chi connectivity index (χ0n) is 26.9. The molecule has 0 unspecified atom stereocenters. The maximum Gasteiger partial charge on any atom is 1.00 e. The van der Waals surface area contributed by atoms with Crippen LogP contribution in [0.25, 0.3) is 49.3 Å². The van der Waals surface area contributed by atoms with E-state index in [1.165, 1.54) is 24.3 Å². The topological polar surface area (TPSA) is 155 Å². The van der Waals surface area contributed by atoms with Crippen LogP contribution in [0.3, 0.4) is 0 Å². The van der Waals surface area contributed by atoms with Crippen LogP contribution in [-0.4, -0.2) is 30.9 Å². The summed E-state index contributed by atoms with van der Waals surface area (Å²) in [4.78, 5) is 4.25. The molecule has 8 aromatic rings. The number of fused-ring (bicyclic) bond motifs is 6. The Morgan fingerprint density at radius 1 is 0.510 bits per heavy atom. The molecule has 0 saturated heterocycles. The molecule has 0 spiro atoms. The molecule has 0 aliphatic carbocycles. The van der Waals surface area contributed by atoms with Crippen molar-refractivity contribution < 1.29 is 60.1 Å². The molecule has 0 atom stereocenters. The molecule has 51 heavy (non-hydrogen) atoms. The van der Waals surface area contributed by atoms with E-state index in [9.17, 15) is 25.9 Å². The van der Waals surface area contributed by atoms with Crippen molar-refractivity contribution in [2.75, 3.05) is 10.6 Å². The summed E-state index contributed by atoms with van der Waals surface area (Å²) in [5.41, 5.74) is 4.60. The number of para-hydroxylation sites is 3. The van der Waals surface area contributed by atoms with Gasteiger partial charge in [-0.25, -0.2) is 21.8 Å². The zero-order chi connectivity index (χ0) is 34.6. The van der Waals surface area contributed by atoms with Gasteiger partial charge in [0.1, 0.15) is 31.3 Å². The third kappa shape index (κ3) is 6.32. The minimum absolute atomic E-state index is 0. The van der Waals surface area contributed by atoms with Crippen molar-refractivity contribution in [1.82, 2.24) is 4.98 Å². The standard InChI is InChI=1S/C38H26N4O6S2.Na/c43-49(44,45)33-20-10-18-27-35(33)29(39-24-12-4-1-5-13-24)22-31-37(27)41-38-28-19-11-21-34(50(46,47)48)36(28)30(40-25-14-6-2-7-15-25)23-32(38)42(31)26-16-8-3-9-17-26;/h1-23H,(H3,39,40,43,44,45,46,47,48);/q;+1/p-1. The largest absolute Gasteiger partial charge is 1.00 e. The first kappa shape index (κ1) is 34.5. The van der Waals surface area contributed by atoms with Crippen molar-refractivity contribution in [2.24, 2.45) is 0 Å². The van der Waals surface area contributed by atoms with E-state index in [2.05, 4.69) is 10.6 Å². The van der Waals surface area contributed by atoms with Crippen LogP contribution in [0.1, 0.15) is 0 Å². The molecule has 1 aromatic heterocycles. The molecule has 246 valence electrons. The third-order valence-corrected chi connectivity index (χ3v) is 10.3. The first-order chi connectivity index (χ1) is 24.1. The van der Waals surface area contributed by atoms with Crippen LogP contribution >= 0.6 is 0 Å². The van der Waals surface area contributed by atoms with Gasteiger partial charge in [0, 0.05) is 57.2 Å². The summed E-state index contributed by atoms with van der Waals surface area (Å²) in [6, 6.07) is 40.2. The maximum atomic E-state index is 12.7. The molecule has 7 aromatic carbocycles. The van der Waals surface area contributed by atoms with Gasteiger partial charge in [-0.3, -0.25) is 0 Å². The Labute approximate surface area is 315 Å². The van der Waals surface area contributed by atoms with Gasteiger partial charge < -0.3 is 19.7 Å². The van der Waals surface area contributed by atoms with E-state index < -0.39 is 30.0 Å². The van der Waals surface area contributed by atoms with Gasteiger partial charge in [-0.1, -0.05) is 78.9 Å². The number of benzene rings is 7. The molecule has 0 fully saturated rings. The number of nitrogens with one attached hydrogen (secondary N) is 2. The molecule has 13 heteroatoms. The average Bonchev–Trinajstić information content (AvgIpc) is 3.11. The van der Waals surface area contributed by atoms with Gasteiger partial charge in [0.2, 0.25) is 16.7 Å².